The van der Waals surface area contributed by atoms with Crippen LogP contribution < -0.4 is 0 Å². The second-order valence-corrected chi connectivity index (χ2v) is 3.73. The van der Waals surface area contributed by atoms with Crippen LogP contribution in [0.3, 0.4) is 0 Å². The number of imidazole rings is 1. The van der Waals surface area contributed by atoms with E-state index in [0.717, 1.165) is 4.60 Å². The molecule has 0 N–H and O–H groups in total. The van der Waals surface area contributed by atoms with E-state index in [1.807, 2.05) is 7.05 Å². The van der Waals surface area contributed by atoms with Crippen LogP contribution in [0.4, 0.5) is 4.39 Å². The predicted octanol–water partition coefficient (Wildman–Crippen LogP) is 2.99. The summed E-state index contributed by atoms with van der Waals surface area (Å²) < 4.78 is 16.0. The molecule has 72 valence electrons. The summed E-state index contributed by atoms with van der Waals surface area (Å²) in [5.41, 5.74) is 1.14. The number of aromatic nitrogens is 2. The summed E-state index contributed by atoms with van der Waals surface area (Å²) in [6, 6.07) is 6.59. The number of nitrogens with zero attached hydrogens (tertiary/aromatic N) is 2. The van der Waals surface area contributed by atoms with Gasteiger partial charge in [0.05, 0.1) is 6.33 Å². The molecular weight excluding hydrogens is 247 g/mol. The van der Waals surface area contributed by atoms with Gasteiger partial charge in [0.15, 0.2) is 0 Å². The summed E-state index contributed by atoms with van der Waals surface area (Å²) >= 11 is 3.35. The Balaban J connectivity index is 2.60. The first-order valence-electron chi connectivity index (χ1n) is 4.12. The van der Waals surface area contributed by atoms with Gasteiger partial charge in [-0.1, -0.05) is 12.1 Å². The monoisotopic (exact) mass is 254 g/mol. The molecule has 0 amide bonds. The highest BCUT2D eigenvalue weighted by Gasteiger charge is 2.11. The number of rotatable bonds is 1. The lowest BCUT2D eigenvalue weighted by Crippen LogP contribution is -1.86. The van der Waals surface area contributed by atoms with Gasteiger partial charge >= 0.3 is 0 Å². The quantitative estimate of drug-likeness (QED) is 0.765. The van der Waals surface area contributed by atoms with Gasteiger partial charge in [0.2, 0.25) is 0 Å². The molecule has 0 saturated carbocycles. The van der Waals surface area contributed by atoms with Crippen molar-refractivity contribution >= 4 is 15.9 Å². The molecule has 0 bridgehead atoms. The zero-order valence-electron chi connectivity index (χ0n) is 7.54. The van der Waals surface area contributed by atoms with Gasteiger partial charge in [-0.05, 0) is 28.1 Å². The molecule has 0 aliphatic carbocycles. The van der Waals surface area contributed by atoms with Crippen LogP contribution in [-0.2, 0) is 7.05 Å². The molecule has 0 spiro atoms. The third-order valence-corrected chi connectivity index (χ3v) is 2.93. The van der Waals surface area contributed by atoms with E-state index in [4.69, 9.17) is 0 Å². The predicted molar refractivity (Wildman–Crippen MR) is 56.3 cm³/mol. The number of hydrogen-bond donors (Lipinski definition) is 0. The maximum Gasteiger partial charge on any atom is 0.132 e. The number of benzene rings is 1. The first kappa shape index (κ1) is 9.40. The fraction of sp³-hybridized carbons (Fsp3) is 0.100. The molecule has 0 aliphatic heterocycles. The average Bonchev–Trinajstić information content (AvgIpc) is 2.49. The van der Waals surface area contributed by atoms with E-state index in [1.54, 1.807) is 29.1 Å². The molecular formula is C10H8BrFN2. The van der Waals surface area contributed by atoms with Gasteiger partial charge in [-0.25, -0.2) is 9.37 Å². The summed E-state index contributed by atoms with van der Waals surface area (Å²) in [6.45, 7) is 0. The normalized spacial score (nSPS) is 10.5. The van der Waals surface area contributed by atoms with Crippen molar-refractivity contribution in [2.24, 2.45) is 7.05 Å². The lowest BCUT2D eigenvalue weighted by molar-refractivity contribution is 0.630. The van der Waals surface area contributed by atoms with Crippen molar-refractivity contribution < 1.29 is 4.39 Å². The topological polar surface area (TPSA) is 17.8 Å². The third-order valence-electron chi connectivity index (χ3n) is 1.99. The minimum atomic E-state index is -0.257. The van der Waals surface area contributed by atoms with Gasteiger partial charge < -0.3 is 4.57 Å². The van der Waals surface area contributed by atoms with Crippen molar-refractivity contribution in [1.29, 1.82) is 0 Å². The Morgan fingerprint density at radius 3 is 2.64 bits per heavy atom. The zero-order valence-corrected chi connectivity index (χ0v) is 9.12. The molecule has 0 saturated heterocycles. The van der Waals surface area contributed by atoms with Crippen LogP contribution in [0.2, 0.25) is 0 Å². The van der Waals surface area contributed by atoms with E-state index in [2.05, 4.69) is 20.9 Å². The molecule has 2 aromatic rings. The molecule has 0 fully saturated rings. The van der Waals surface area contributed by atoms with Gasteiger partial charge in [0, 0.05) is 12.6 Å². The van der Waals surface area contributed by atoms with Crippen molar-refractivity contribution in [2.75, 3.05) is 0 Å². The Morgan fingerprint density at radius 1 is 1.36 bits per heavy atom. The Morgan fingerprint density at radius 2 is 2.07 bits per heavy atom. The summed E-state index contributed by atoms with van der Waals surface area (Å²) in [7, 11) is 1.85. The van der Waals surface area contributed by atoms with E-state index in [-0.39, 0.29) is 5.82 Å². The standard InChI is InChI=1S/C10H8BrFN2/c1-14-6-13-9(10(14)11)7-4-2-3-5-8(7)12/h2-6H,1H3. The first-order valence-corrected chi connectivity index (χ1v) is 4.91. The lowest BCUT2D eigenvalue weighted by Gasteiger charge is -2.00. The van der Waals surface area contributed by atoms with Crippen molar-refractivity contribution in [3.05, 3.63) is 41.0 Å². The van der Waals surface area contributed by atoms with Crippen LogP contribution in [0, 0.1) is 5.82 Å². The van der Waals surface area contributed by atoms with Gasteiger partial charge in [0.25, 0.3) is 0 Å². The molecule has 1 aromatic heterocycles. The zero-order chi connectivity index (χ0) is 10.1. The number of aryl methyl sites for hydroxylation is 1. The van der Waals surface area contributed by atoms with Crippen molar-refractivity contribution in [2.45, 2.75) is 0 Å². The lowest BCUT2D eigenvalue weighted by atomic mass is 10.1. The van der Waals surface area contributed by atoms with E-state index in [1.165, 1.54) is 6.07 Å². The minimum Gasteiger partial charge on any atom is -0.328 e. The Labute approximate surface area is 89.5 Å². The molecule has 0 radical (unpaired) electrons. The molecule has 1 heterocycles. The molecule has 2 nitrogen and oxygen atoms in total. The Hall–Kier alpha value is -1.16. The molecule has 0 aliphatic rings. The van der Waals surface area contributed by atoms with Gasteiger partial charge in [-0.2, -0.15) is 0 Å². The summed E-state index contributed by atoms with van der Waals surface area (Å²) in [5.74, 6) is -0.257. The molecule has 4 heteroatoms. The highest BCUT2D eigenvalue weighted by atomic mass is 79.9. The second kappa shape index (κ2) is 3.53. The smallest absolute Gasteiger partial charge is 0.132 e. The van der Waals surface area contributed by atoms with Gasteiger partial charge in [0.1, 0.15) is 16.1 Å². The van der Waals surface area contributed by atoms with E-state index >= 15 is 0 Å². The van der Waals surface area contributed by atoms with Crippen LogP contribution in [0.1, 0.15) is 0 Å². The highest BCUT2D eigenvalue weighted by molar-refractivity contribution is 9.10. The van der Waals surface area contributed by atoms with Crippen LogP contribution in [0.5, 0.6) is 0 Å². The third kappa shape index (κ3) is 1.46. The first-order chi connectivity index (χ1) is 6.70. The minimum absolute atomic E-state index is 0.257. The summed E-state index contributed by atoms with van der Waals surface area (Å²) in [4.78, 5) is 4.12. The molecule has 14 heavy (non-hydrogen) atoms. The Kier molecular flexibility index (Phi) is 2.37. The molecule has 0 atom stereocenters. The molecule has 0 unspecified atom stereocenters. The molecule has 2 rings (SSSR count). The summed E-state index contributed by atoms with van der Waals surface area (Å²) in [6.07, 6.45) is 1.64. The van der Waals surface area contributed by atoms with Gasteiger partial charge in [-0.3, -0.25) is 0 Å². The van der Waals surface area contributed by atoms with E-state index in [9.17, 15) is 4.39 Å². The maximum atomic E-state index is 13.4. The SMILES string of the molecule is Cn1cnc(-c2ccccc2F)c1Br. The number of hydrogen-bond acceptors (Lipinski definition) is 1. The van der Waals surface area contributed by atoms with Crippen molar-refractivity contribution in [3.63, 3.8) is 0 Å². The van der Waals surface area contributed by atoms with Crippen LogP contribution in [0.25, 0.3) is 11.3 Å². The highest BCUT2D eigenvalue weighted by Crippen LogP contribution is 2.27. The fourth-order valence-electron chi connectivity index (χ4n) is 1.25. The van der Waals surface area contributed by atoms with Crippen LogP contribution in [0.15, 0.2) is 35.2 Å². The van der Waals surface area contributed by atoms with Crippen molar-refractivity contribution in [3.8, 4) is 11.3 Å². The average molecular weight is 255 g/mol. The van der Waals surface area contributed by atoms with Crippen LogP contribution >= 0.6 is 15.9 Å². The summed E-state index contributed by atoms with van der Waals surface area (Å²) in [5, 5.41) is 0. The Bertz CT molecular complexity index is 465. The second-order valence-electron chi connectivity index (χ2n) is 2.97. The fourth-order valence-corrected chi connectivity index (χ4v) is 1.66. The largest absolute Gasteiger partial charge is 0.328 e. The van der Waals surface area contributed by atoms with E-state index < -0.39 is 0 Å². The van der Waals surface area contributed by atoms with Crippen LogP contribution in [-0.4, -0.2) is 9.55 Å². The maximum absolute atomic E-state index is 13.4. The molecule has 1 aromatic carbocycles. The van der Waals surface area contributed by atoms with E-state index in [0.29, 0.717) is 11.3 Å². The van der Waals surface area contributed by atoms with Gasteiger partial charge in [-0.15, -0.1) is 0 Å². The number of halogens is 2. The van der Waals surface area contributed by atoms with Crippen molar-refractivity contribution in [1.82, 2.24) is 9.55 Å².